The summed E-state index contributed by atoms with van der Waals surface area (Å²) < 4.78 is 0. The maximum atomic E-state index is 11.8. The molecule has 0 unspecified atom stereocenters. The molecule has 0 radical (unpaired) electrons. The maximum Gasteiger partial charge on any atom is 0.227 e. The van der Waals surface area contributed by atoms with Gasteiger partial charge in [0.1, 0.15) is 0 Å². The second-order valence-corrected chi connectivity index (χ2v) is 7.32. The van der Waals surface area contributed by atoms with Crippen molar-refractivity contribution in [1.29, 1.82) is 0 Å². The van der Waals surface area contributed by atoms with Gasteiger partial charge >= 0.3 is 0 Å². The Morgan fingerprint density at radius 2 is 1.96 bits per heavy atom. The molecule has 132 valence electrons. The minimum atomic E-state index is 0.210. The number of amidine groups is 1. The van der Waals surface area contributed by atoms with E-state index in [4.69, 9.17) is 0 Å². The van der Waals surface area contributed by atoms with Crippen LogP contribution in [0.25, 0.3) is 0 Å². The second kappa shape index (κ2) is 7.33. The number of aliphatic imine (C=N–C) groups is 1. The summed E-state index contributed by atoms with van der Waals surface area (Å²) in [6.45, 7) is 2.86. The van der Waals surface area contributed by atoms with Crippen molar-refractivity contribution in [2.75, 3.05) is 17.2 Å². The molecule has 2 aromatic rings. The number of thioether (sulfide) groups is 1. The van der Waals surface area contributed by atoms with Gasteiger partial charge in [0.25, 0.3) is 0 Å². The summed E-state index contributed by atoms with van der Waals surface area (Å²) in [6.07, 6.45) is 1.59. The van der Waals surface area contributed by atoms with Crippen LogP contribution in [0.15, 0.2) is 58.6 Å². The van der Waals surface area contributed by atoms with Crippen molar-refractivity contribution < 1.29 is 4.79 Å². The summed E-state index contributed by atoms with van der Waals surface area (Å²) in [5, 5.41) is 5.29. The molecule has 0 bridgehead atoms. The van der Waals surface area contributed by atoms with Crippen molar-refractivity contribution >= 4 is 39.9 Å². The Balaban J connectivity index is 1.47. The molecule has 2 heterocycles. The molecular formula is C20H20N4OS. The Hall–Kier alpha value is -2.60. The van der Waals surface area contributed by atoms with Crippen LogP contribution in [-0.2, 0) is 4.79 Å². The van der Waals surface area contributed by atoms with Gasteiger partial charge in [-0.2, -0.15) is 5.10 Å². The molecule has 0 aliphatic carbocycles. The Bertz CT molecular complexity index is 889. The van der Waals surface area contributed by atoms with Crippen LogP contribution in [0.2, 0.25) is 0 Å². The largest absolute Gasteiger partial charge is 0.312 e. The minimum Gasteiger partial charge on any atom is -0.312 e. The number of benzene rings is 2. The van der Waals surface area contributed by atoms with Gasteiger partial charge in [-0.15, -0.1) is 0 Å². The van der Waals surface area contributed by atoms with E-state index < -0.39 is 0 Å². The van der Waals surface area contributed by atoms with E-state index in [0.29, 0.717) is 6.42 Å². The van der Waals surface area contributed by atoms with E-state index in [9.17, 15) is 4.79 Å². The number of nitrogens with one attached hydrogen (secondary N) is 1. The third-order valence-electron chi connectivity index (χ3n) is 4.56. The average Bonchev–Trinajstić information content (AvgIpc) is 3.10. The summed E-state index contributed by atoms with van der Waals surface area (Å²) in [7, 11) is 0. The van der Waals surface area contributed by atoms with Crippen LogP contribution in [0, 0.1) is 6.92 Å². The lowest BCUT2D eigenvalue weighted by molar-refractivity contribution is -0.117. The van der Waals surface area contributed by atoms with Crippen molar-refractivity contribution in [3.05, 3.63) is 59.7 Å². The van der Waals surface area contributed by atoms with Gasteiger partial charge in [-0.1, -0.05) is 42.1 Å². The summed E-state index contributed by atoms with van der Waals surface area (Å²) in [6, 6.07) is 16.1. The number of para-hydroxylation sites is 1. The molecule has 2 aromatic carbocycles. The summed E-state index contributed by atoms with van der Waals surface area (Å²) in [5.41, 5.74) is 8.18. The molecule has 0 aromatic heterocycles. The van der Waals surface area contributed by atoms with Gasteiger partial charge in [-0.05, 0) is 42.7 Å². The first-order valence-electron chi connectivity index (χ1n) is 8.71. The lowest BCUT2D eigenvalue weighted by Gasteiger charge is -2.18. The Labute approximate surface area is 157 Å². The van der Waals surface area contributed by atoms with E-state index in [2.05, 4.69) is 15.5 Å². The number of rotatable bonds is 3. The van der Waals surface area contributed by atoms with Crippen LogP contribution >= 0.6 is 11.8 Å². The number of aryl methyl sites for hydroxylation is 1. The number of carbonyl (C=O) groups excluding carboxylic acids is 1. The van der Waals surface area contributed by atoms with Gasteiger partial charge in [-0.3, -0.25) is 10.2 Å². The van der Waals surface area contributed by atoms with Crippen LogP contribution in [0.1, 0.15) is 24.0 Å². The molecule has 4 rings (SSSR count). The molecule has 1 saturated heterocycles. The van der Waals surface area contributed by atoms with E-state index in [-0.39, 0.29) is 5.91 Å². The number of hydrogen-bond donors (Lipinski definition) is 1. The van der Waals surface area contributed by atoms with Gasteiger partial charge in [0.15, 0.2) is 5.17 Å². The number of nitrogens with zero attached hydrogens (tertiary/aromatic N) is 3. The van der Waals surface area contributed by atoms with Crippen molar-refractivity contribution in [3.63, 3.8) is 0 Å². The summed E-state index contributed by atoms with van der Waals surface area (Å²) >= 11 is 1.64. The first-order valence-corrected chi connectivity index (χ1v) is 9.70. The van der Waals surface area contributed by atoms with Crippen LogP contribution in [0.5, 0.6) is 0 Å². The average molecular weight is 364 g/mol. The molecule has 0 atom stereocenters. The number of carbonyl (C=O) groups is 1. The Kier molecular flexibility index (Phi) is 4.75. The Morgan fingerprint density at radius 1 is 1.15 bits per heavy atom. The standard InChI is InChI=1S/C20H20N4OS/c1-14-5-2-3-6-17(14)21-20-23-22-18(13-26-20)15-8-10-16(11-9-15)24-12-4-7-19(24)25/h2-3,5-6,8-11H,4,7,12-13H2,1H3,(H,21,23). The monoisotopic (exact) mass is 364 g/mol. The zero-order chi connectivity index (χ0) is 17.9. The molecule has 2 aliphatic heterocycles. The highest BCUT2D eigenvalue weighted by atomic mass is 32.2. The lowest BCUT2D eigenvalue weighted by atomic mass is 10.1. The van der Waals surface area contributed by atoms with E-state index in [1.54, 1.807) is 11.8 Å². The van der Waals surface area contributed by atoms with Crippen molar-refractivity contribution in [1.82, 2.24) is 5.43 Å². The minimum absolute atomic E-state index is 0.210. The van der Waals surface area contributed by atoms with E-state index >= 15 is 0 Å². The predicted octanol–water partition coefficient (Wildman–Crippen LogP) is 3.85. The fourth-order valence-corrected chi connectivity index (χ4v) is 3.85. The third kappa shape index (κ3) is 3.51. The van der Waals surface area contributed by atoms with Crippen molar-refractivity contribution in [3.8, 4) is 0 Å². The quantitative estimate of drug-likeness (QED) is 0.900. The molecule has 1 fully saturated rings. The molecule has 1 N–H and O–H groups in total. The molecule has 26 heavy (non-hydrogen) atoms. The molecule has 1 amide bonds. The summed E-state index contributed by atoms with van der Waals surface area (Å²) in [4.78, 5) is 18.3. The van der Waals surface area contributed by atoms with Crippen LogP contribution in [-0.4, -0.2) is 29.1 Å². The molecule has 6 heteroatoms. The SMILES string of the molecule is Cc1ccccc1N=C1NN=C(c2ccc(N3CCCC3=O)cc2)CS1. The topological polar surface area (TPSA) is 57.1 Å². The van der Waals surface area contributed by atoms with Gasteiger partial charge in [0.05, 0.1) is 11.4 Å². The first kappa shape index (κ1) is 16.8. The van der Waals surface area contributed by atoms with Crippen LogP contribution in [0.4, 0.5) is 11.4 Å². The number of amides is 1. The Morgan fingerprint density at radius 3 is 2.62 bits per heavy atom. The molecule has 5 nitrogen and oxygen atoms in total. The number of hydrazone groups is 1. The molecule has 0 saturated carbocycles. The fraction of sp³-hybridized carbons (Fsp3) is 0.250. The zero-order valence-electron chi connectivity index (χ0n) is 14.6. The van der Waals surface area contributed by atoms with Crippen LogP contribution < -0.4 is 10.3 Å². The van der Waals surface area contributed by atoms with Gasteiger partial charge in [-0.25, -0.2) is 4.99 Å². The first-order chi connectivity index (χ1) is 12.7. The zero-order valence-corrected chi connectivity index (χ0v) is 15.4. The normalized spacial score (nSPS) is 18.8. The predicted molar refractivity (Wildman–Crippen MR) is 108 cm³/mol. The van der Waals surface area contributed by atoms with Crippen LogP contribution in [0.3, 0.4) is 0 Å². The van der Waals surface area contributed by atoms with Crippen molar-refractivity contribution in [2.45, 2.75) is 19.8 Å². The molecule has 0 spiro atoms. The van der Waals surface area contributed by atoms with Gasteiger partial charge in [0, 0.05) is 24.4 Å². The highest BCUT2D eigenvalue weighted by molar-refractivity contribution is 8.14. The van der Waals surface area contributed by atoms with E-state index in [1.165, 1.54) is 0 Å². The second-order valence-electron chi connectivity index (χ2n) is 6.36. The molecule has 2 aliphatic rings. The fourth-order valence-electron chi connectivity index (χ4n) is 3.07. The third-order valence-corrected chi connectivity index (χ3v) is 5.43. The molecular weight excluding hydrogens is 344 g/mol. The summed E-state index contributed by atoms with van der Waals surface area (Å²) in [5.74, 6) is 0.974. The number of hydrogen-bond acceptors (Lipinski definition) is 4. The lowest BCUT2D eigenvalue weighted by Crippen LogP contribution is -2.26. The van der Waals surface area contributed by atoms with E-state index in [0.717, 1.165) is 52.1 Å². The maximum absolute atomic E-state index is 11.8. The highest BCUT2D eigenvalue weighted by Gasteiger charge is 2.22. The highest BCUT2D eigenvalue weighted by Crippen LogP contribution is 2.24. The smallest absolute Gasteiger partial charge is 0.227 e. The van der Waals surface area contributed by atoms with Crippen molar-refractivity contribution in [2.24, 2.45) is 10.1 Å². The van der Waals surface area contributed by atoms with Gasteiger partial charge in [0.2, 0.25) is 5.91 Å². The number of anilines is 1. The van der Waals surface area contributed by atoms with Gasteiger partial charge < -0.3 is 4.90 Å². The van der Waals surface area contributed by atoms with E-state index in [1.807, 2.05) is 60.4 Å².